The molecule has 0 N–H and O–H groups in total. The van der Waals surface area contributed by atoms with Gasteiger partial charge in [-0.3, -0.25) is 0 Å². The predicted octanol–water partition coefficient (Wildman–Crippen LogP) is 3.25. The van der Waals surface area contributed by atoms with Crippen molar-refractivity contribution in [3.8, 4) is 0 Å². The lowest BCUT2D eigenvalue weighted by molar-refractivity contribution is 0.380. The van der Waals surface area contributed by atoms with Gasteiger partial charge in [-0.15, -0.1) is 0 Å². The van der Waals surface area contributed by atoms with E-state index in [1.165, 1.54) is 10.4 Å². The average molecular weight is 338 g/mol. The summed E-state index contributed by atoms with van der Waals surface area (Å²) < 4.78 is 39.5. The highest BCUT2D eigenvalue weighted by molar-refractivity contribution is 9.10. The molecule has 0 saturated carbocycles. The van der Waals surface area contributed by atoms with E-state index in [0.29, 0.717) is 13.1 Å². The van der Waals surface area contributed by atoms with E-state index in [1.54, 1.807) is 6.92 Å². The summed E-state index contributed by atoms with van der Waals surface area (Å²) in [7, 11) is -3.57. The third kappa shape index (κ3) is 3.52. The van der Waals surface area contributed by atoms with Crippen LogP contribution in [0.15, 0.2) is 27.6 Å². The summed E-state index contributed by atoms with van der Waals surface area (Å²) in [6.45, 7) is 6.54. The molecule has 0 aromatic heterocycles. The summed E-state index contributed by atoms with van der Waals surface area (Å²) in [6, 6.07) is 3.61. The summed E-state index contributed by atoms with van der Waals surface area (Å²) >= 11 is 3.10. The Morgan fingerprint density at radius 2 is 2.00 bits per heavy atom. The normalized spacial score (nSPS) is 12.4. The minimum Gasteiger partial charge on any atom is -0.207 e. The van der Waals surface area contributed by atoms with Crippen molar-refractivity contribution in [2.24, 2.45) is 5.92 Å². The van der Waals surface area contributed by atoms with Gasteiger partial charge in [-0.2, -0.15) is 4.31 Å². The third-order valence-electron chi connectivity index (χ3n) is 2.43. The number of hydrogen-bond donors (Lipinski definition) is 0. The molecule has 0 spiro atoms. The first-order chi connectivity index (χ1) is 8.28. The lowest BCUT2D eigenvalue weighted by Gasteiger charge is -2.22. The summed E-state index contributed by atoms with van der Waals surface area (Å²) in [5.74, 6) is -0.230. The first-order valence-corrected chi connectivity index (χ1v) is 7.97. The van der Waals surface area contributed by atoms with E-state index < -0.39 is 15.8 Å². The fourth-order valence-corrected chi connectivity index (χ4v) is 4.25. The zero-order valence-corrected chi connectivity index (χ0v) is 13.1. The minimum absolute atomic E-state index is 0.103. The van der Waals surface area contributed by atoms with Crippen molar-refractivity contribution in [1.82, 2.24) is 4.31 Å². The topological polar surface area (TPSA) is 37.4 Å². The van der Waals surface area contributed by atoms with Gasteiger partial charge in [-0.05, 0) is 40.0 Å². The Balaban J connectivity index is 3.19. The van der Waals surface area contributed by atoms with E-state index in [0.717, 1.165) is 12.1 Å². The molecule has 0 unspecified atom stereocenters. The van der Waals surface area contributed by atoms with Crippen LogP contribution in [-0.2, 0) is 10.0 Å². The van der Waals surface area contributed by atoms with Crippen LogP contribution < -0.4 is 0 Å². The van der Waals surface area contributed by atoms with Crippen LogP contribution in [0.2, 0.25) is 0 Å². The quantitative estimate of drug-likeness (QED) is 0.826. The third-order valence-corrected chi connectivity index (χ3v) is 5.35. The van der Waals surface area contributed by atoms with Gasteiger partial charge in [0.15, 0.2) is 0 Å². The van der Waals surface area contributed by atoms with Crippen LogP contribution in [0.4, 0.5) is 4.39 Å². The summed E-state index contributed by atoms with van der Waals surface area (Å²) in [5.41, 5.74) is 0. The largest absolute Gasteiger partial charge is 0.244 e. The second kappa shape index (κ2) is 6.12. The molecule has 0 aliphatic rings. The van der Waals surface area contributed by atoms with Crippen molar-refractivity contribution < 1.29 is 12.8 Å². The number of benzene rings is 1. The minimum atomic E-state index is -3.57. The highest BCUT2D eigenvalue weighted by Crippen LogP contribution is 2.26. The van der Waals surface area contributed by atoms with Crippen LogP contribution in [0.3, 0.4) is 0 Å². The number of halogens is 2. The van der Waals surface area contributed by atoms with Gasteiger partial charge in [0.25, 0.3) is 0 Å². The van der Waals surface area contributed by atoms with Gasteiger partial charge in [-0.25, -0.2) is 12.8 Å². The highest BCUT2D eigenvalue weighted by Gasteiger charge is 2.25. The Morgan fingerprint density at radius 1 is 1.39 bits per heavy atom. The summed E-state index contributed by atoms with van der Waals surface area (Å²) in [4.78, 5) is 0.103. The van der Waals surface area contributed by atoms with Crippen LogP contribution >= 0.6 is 15.9 Å². The summed E-state index contributed by atoms with van der Waals surface area (Å²) in [6.07, 6.45) is 0. The van der Waals surface area contributed by atoms with Crippen LogP contribution in [0.25, 0.3) is 0 Å². The molecule has 0 fully saturated rings. The van der Waals surface area contributed by atoms with Gasteiger partial charge in [0.1, 0.15) is 5.82 Å². The molecule has 0 saturated heterocycles. The number of rotatable bonds is 5. The van der Waals surface area contributed by atoms with Crippen LogP contribution in [0.1, 0.15) is 20.8 Å². The van der Waals surface area contributed by atoms with Crippen molar-refractivity contribution in [3.63, 3.8) is 0 Å². The molecule has 0 aliphatic carbocycles. The Bertz CT molecular complexity index is 517. The monoisotopic (exact) mass is 337 g/mol. The molecule has 3 nitrogen and oxygen atoms in total. The van der Waals surface area contributed by atoms with Gasteiger partial charge >= 0.3 is 0 Å². The number of sulfonamides is 1. The Morgan fingerprint density at radius 3 is 2.44 bits per heavy atom. The second-order valence-electron chi connectivity index (χ2n) is 4.42. The maximum atomic E-state index is 13.0. The fraction of sp³-hybridized carbons (Fsp3) is 0.500. The average Bonchev–Trinajstić information content (AvgIpc) is 2.24. The van der Waals surface area contributed by atoms with E-state index in [2.05, 4.69) is 15.9 Å². The van der Waals surface area contributed by atoms with E-state index in [1.807, 2.05) is 13.8 Å². The first kappa shape index (κ1) is 15.6. The molecular formula is C12H17BrFNO2S. The molecule has 0 heterocycles. The van der Waals surface area contributed by atoms with Crippen molar-refractivity contribution in [2.75, 3.05) is 13.1 Å². The molecule has 0 radical (unpaired) electrons. The fourth-order valence-electron chi connectivity index (χ4n) is 1.63. The maximum Gasteiger partial charge on any atom is 0.244 e. The number of hydrogen-bond acceptors (Lipinski definition) is 2. The van der Waals surface area contributed by atoms with E-state index in [-0.39, 0.29) is 15.3 Å². The van der Waals surface area contributed by atoms with Crippen molar-refractivity contribution in [1.29, 1.82) is 0 Å². The van der Waals surface area contributed by atoms with Gasteiger partial charge < -0.3 is 0 Å². The molecule has 0 amide bonds. The molecule has 0 aliphatic heterocycles. The molecule has 0 atom stereocenters. The lowest BCUT2D eigenvalue weighted by Crippen LogP contribution is -2.34. The predicted molar refractivity (Wildman–Crippen MR) is 73.4 cm³/mol. The van der Waals surface area contributed by atoms with Crippen LogP contribution in [-0.4, -0.2) is 25.8 Å². The summed E-state index contributed by atoms with van der Waals surface area (Å²) in [5, 5.41) is 0. The SMILES string of the molecule is CCN(CC(C)C)S(=O)(=O)c1ccc(F)cc1Br. The van der Waals surface area contributed by atoms with Gasteiger partial charge in [-0.1, -0.05) is 20.8 Å². The molecule has 1 aromatic rings. The van der Waals surface area contributed by atoms with Gasteiger partial charge in [0.2, 0.25) is 10.0 Å². The number of nitrogens with zero attached hydrogens (tertiary/aromatic N) is 1. The van der Waals surface area contributed by atoms with Crippen molar-refractivity contribution in [3.05, 3.63) is 28.5 Å². The maximum absolute atomic E-state index is 13.0. The smallest absolute Gasteiger partial charge is 0.207 e. The first-order valence-electron chi connectivity index (χ1n) is 5.74. The Labute approximate surface area is 116 Å². The van der Waals surface area contributed by atoms with Crippen LogP contribution in [0.5, 0.6) is 0 Å². The standard InChI is InChI=1S/C12H17BrFNO2S/c1-4-15(8-9(2)3)18(16,17)12-6-5-10(14)7-11(12)13/h5-7,9H,4,8H2,1-3H3. The Kier molecular flexibility index (Phi) is 5.31. The van der Waals surface area contributed by atoms with Crippen molar-refractivity contribution in [2.45, 2.75) is 25.7 Å². The Hall–Kier alpha value is -0.460. The van der Waals surface area contributed by atoms with Crippen LogP contribution in [0, 0.1) is 11.7 Å². The zero-order chi connectivity index (χ0) is 13.9. The van der Waals surface area contributed by atoms with Gasteiger partial charge in [0.05, 0.1) is 4.90 Å². The molecular weight excluding hydrogens is 321 g/mol. The lowest BCUT2D eigenvalue weighted by atomic mass is 10.2. The zero-order valence-electron chi connectivity index (χ0n) is 10.7. The van der Waals surface area contributed by atoms with Gasteiger partial charge in [0, 0.05) is 17.6 Å². The van der Waals surface area contributed by atoms with E-state index in [4.69, 9.17) is 0 Å². The second-order valence-corrected chi connectivity index (χ2v) is 7.18. The highest BCUT2D eigenvalue weighted by atomic mass is 79.9. The van der Waals surface area contributed by atoms with Crippen molar-refractivity contribution >= 4 is 26.0 Å². The molecule has 1 rings (SSSR count). The van der Waals surface area contributed by atoms with E-state index in [9.17, 15) is 12.8 Å². The molecule has 102 valence electrons. The molecule has 0 bridgehead atoms. The molecule has 1 aromatic carbocycles. The molecule has 18 heavy (non-hydrogen) atoms. The molecule has 6 heteroatoms. The van der Waals surface area contributed by atoms with E-state index >= 15 is 0 Å².